The Morgan fingerprint density at radius 3 is 2.53 bits per heavy atom. The lowest BCUT2D eigenvalue weighted by Gasteiger charge is -2.12. The molecular formula is C31H23F3N4O5. The molecule has 2 aromatic heterocycles. The van der Waals surface area contributed by atoms with Crippen LogP contribution in [0.2, 0.25) is 0 Å². The zero-order chi connectivity index (χ0) is 30.7. The van der Waals surface area contributed by atoms with E-state index in [-0.39, 0.29) is 59.0 Å². The molecule has 5 rings (SSSR count). The molecule has 0 atom stereocenters. The van der Waals surface area contributed by atoms with Crippen LogP contribution >= 0.6 is 0 Å². The number of aromatic carboxylic acids is 1. The number of hydrogen-bond acceptors (Lipinski definition) is 6. The first-order valence-electron chi connectivity index (χ1n) is 12.9. The highest BCUT2D eigenvalue weighted by Crippen LogP contribution is 2.28. The van der Waals surface area contributed by atoms with Crippen molar-refractivity contribution in [3.05, 3.63) is 116 Å². The molecule has 43 heavy (non-hydrogen) atoms. The van der Waals surface area contributed by atoms with Crippen molar-refractivity contribution >= 4 is 17.0 Å². The fourth-order valence-electron chi connectivity index (χ4n) is 4.60. The molecule has 0 aliphatic carbocycles. The van der Waals surface area contributed by atoms with Gasteiger partial charge < -0.3 is 24.1 Å². The number of carbonyl (C=O) groups is 1. The maximum absolute atomic E-state index is 15.4. The van der Waals surface area contributed by atoms with E-state index in [9.17, 15) is 19.1 Å². The van der Waals surface area contributed by atoms with Gasteiger partial charge in [0.1, 0.15) is 29.9 Å². The second-order valence-electron chi connectivity index (χ2n) is 9.58. The van der Waals surface area contributed by atoms with Crippen LogP contribution in [0.4, 0.5) is 13.2 Å². The van der Waals surface area contributed by atoms with E-state index in [4.69, 9.17) is 14.7 Å². The van der Waals surface area contributed by atoms with Gasteiger partial charge in [-0.15, -0.1) is 0 Å². The average molecular weight is 589 g/mol. The average Bonchev–Trinajstić information content (AvgIpc) is 3.32. The Kier molecular flexibility index (Phi) is 8.27. The van der Waals surface area contributed by atoms with Gasteiger partial charge >= 0.3 is 5.97 Å². The van der Waals surface area contributed by atoms with Gasteiger partial charge in [0.15, 0.2) is 11.3 Å². The van der Waals surface area contributed by atoms with Crippen molar-refractivity contribution in [2.45, 2.75) is 19.6 Å². The van der Waals surface area contributed by atoms with E-state index in [1.807, 2.05) is 6.07 Å². The van der Waals surface area contributed by atoms with Gasteiger partial charge in [0, 0.05) is 43.3 Å². The van der Waals surface area contributed by atoms with E-state index >= 15 is 8.78 Å². The lowest BCUT2D eigenvalue weighted by molar-refractivity contribution is 0.0697. The fourth-order valence-corrected chi connectivity index (χ4v) is 4.60. The highest BCUT2D eigenvalue weighted by Gasteiger charge is 2.19. The number of rotatable bonds is 10. The van der Waals surface area contributed by atoms with Crippen molar-refractivity contribution in [1.29, 1.82) is 5.26 Å². The largest absolute Gasteiger partial charge is 0.478 e. The molecule has 0 aliphatic heterocycles. The summed E-state index contributed by atoms with van der Waals surface area (Å²) in [7, 11) is 1.50. The summed E-state index contributed by atoms with van der Waals surface area (Å²) in [5.41, 5.74) is 0.469. The van der Waals surface area contributed by atoms with Crippen molar-refractivity contribution in [2.24, 2.45) is 0 Å². The lowest BCUT2D eigenvalue weighted by atomic mass is 10.0. The molecule has 12 heteroatoms. The molecule has 0 saturated heterocycles. The van der Waals surface area contributed by atoms with Gasteiger partial charge in [0.2, 0.25) is 0 Å². The highest BCUT2D eigenvalue weighted by molar-refractivity contribution is 5.92. The van der Waals surface area contributed by atoms with Crippen LogP contribution in [-0.2, 0) is 24.3 Å². The van der Waals surface area contributed by atoms with Crippen LogP contribution in [0.25, 0.3) is 22.3 Å². The number of aromatic nitrogens is 3. The number of hydrogen-bond donors (Lipinski definition) is 2. The van der Waals surface area contributed by atoms with E-state index < -0.39 is 28.8 Å². The molecule has 0 fully saturated rings. The highest BCUT2D eigenvalue weighted by atomic mass is 19.1. The molecular weight excluding hydrogens is 565 g/mol. The normalized spacial score (nSPS) is 11.0. The van der Waals surface area contributed by atoms with E-state index in [1.165, 1.54) is 31.4 Å². The zero-order valence-electron chi connectivity index (χ0n) is 22.7. The van der Waals surface area contributed by atoms with Gasteiger partial charge in [-0.05, 0) is 48.0 Å². The number of aromatic amines is 1. The first kappa shape index (κ1) is 29.1. The zero-order valence-corrected chi connectivity index (χ0v) is 22.7. The third-order valence-electron chi connectivity index (χ3n) is 6.75. The maximum Gasteiger partial charge on any atom is 0.335 e. The summed E-state index contributed by atoms with van der Waals surface area (Å²) in [6.45, 7) is 0.286. The Balaban J connectivity index is 1.43. The van der Waals surface area contributed by atoms with Crippen LogP contribution in [0.15, 0.2) is 65.5 Å². The molecule has 0 bridgehead atoms. The van der Waals surface area contributed by atoms with Crippen LogP contribution in [0.5, 0.6) is 5.88 Å². The summed E-state index contributed by atoms with van der Waals surface area (Å²) in [6.07, 6.45) is -0.111. The van der Waals surface area contributed by atoms with Crippen molar-refractivity contribution in [2.75, 3.05) is 13.7 Å². The standard InChI is InChI=1S/C31H23F3N4O5/c1-42-7-6-38-28-10-18(31(40)41)4-5-26(28)36-29(38)11-20-9-25(34)22(14-24(20)33)27-12-21(39)13-30(37-27)43-16-19-3-2-17(15-35)8-23(19)32/h2-5,8-10,12-14H,6-7,11,16H2,1H3,(H,37,39)(H,40,41). The van der Waals surface area contributed by atoms with Crippen molar-refractivity contribution in [3.63, 3.8) is 0 Å². The van der Waals surface area contributed by atoms with Crippen LogP contribution in [0.1, 0.15) is 32.9 Å². The number of nitrogens with zero attached hydrogens (tertiary/aromatic N) is 3. The molecule has 0 unspecified atom stereocenters. The van der Waals surface area contributed by atoms with Crippen LogP contribution in [-0.4, -0.2) is 39.3 Å². The molecule has 9 nitrogen and oxygen atoms in total. The Hall–Kier alpha value is -5.41. The predicted octanol–water partition coefficient (Wildman–Crippen LogP) is 5.19. The number of ether oxygens (including phenoxy) is 2. The quantitative estimate of drug-likeness (QED) is 0.230. The predicted molar refractivity (Wildman–Crippen MR) is 149 cm³/mol. The number of halogens is 3. The van der Waals surface area contributed by atoms with Crippen molar-refractivity contribution < 1.29 is 32.5 Å². The lowest BCUT2D eigenvalue weighted by Crippen LogP contribution is -2.10. The minimum atomic E-state index is -1.11. The van der Waals surface area contributed by atoms with Crippen molar-refractivity contribution in [1.82, 2.24) is 14.5 Å². The summed E-state index contributed by atoms with van der Waals surface area (Å²) in [4.78, 5) is 31.1. The number of methoxy groups -OCH3 is 1. The summed E-state index contributed by atoms with van der Waals surface area (Å²) < 4.78 is 57.4. The number of benzene rings is 3. The van der Waals surface area contributed by atoms with E-state index in [1.54, 1.807) is 10.6 Å². The van der Waals surface area contributed by atoms with Crippen LogP contribution in [0, 0.1) is 28.8 Å². The summed E-state index contributed by atoms with van der Waals surface area (Å²) in [5.74, 6) is -3.09. The Labute approximate surface area is 242 Å². The monoisotopic (exact) mass is 588 g/mol. The Morgan fingerprint density at radius 1 is 1.02 bits per heavy atom. The SMILES string of the molecule is COCCn1c(Cc2cc(F)c(-c3cc(=O)cc(OCc4ccc(C#N)cc4F)[nH]3)cc2F)nc2ccc(C(=O)O)cc21. The minimum absolute atomic E-state index is 0.0141. The van der Waals surface area contributed by atoms with E-state index in [2.05, 4.69) is 9.97 Å². The Bertz CT molecular complexity index is 1960. The third kappa shape index (κ3) is 6.27. The van der Waals surface area contributed by atoms with Crippen LogP contribution < -0.4 is 10.2 Å². The number of nitrogens with one attached hydrogen (secondary N) is 1. The molecule has 0 spiro atoms. The molecule has 0 amide bonds. The molecule has 2 N–H and O–H groups in total. The second-order valence-corrected chi connectivity index (χ2v) is 9.58. The summed E-state index contributed by atoms with van der Waals surface area (Å²) in [5, 5.41) is 18.3. The topological polar surface area (TPSA) is 130 Å². The number of carboxylic acids is 1. The number of carboxylic acid groups (broad SMARTS) is 1. The smallest absolute Gasteiger partial charge is 0.335 e. The number of imidazole rings is 1. The number of nitriles is 1. The summed E-state index contributed by atoms with van der Waals surface area (Å²) in [6, 6.07) is 14.2. The third-order valence-corrected chi connectivity index (χ3v) is 6.75. The van der Waals surface area contributed by atoms with Gasteiger partial charge in [-0.25, -0.2) is 22.9 Å². The number of fused-ring (bicyclic) bond motifs is 1. The Morgan fingerprint density at radius 2 is 1.81 bits per heavy atom. The van der Waals surface area contributed by atoms with Gasteiger partial charge in [0.25, 0.3) is 0 Å². The molecule has 0 aliphatic rings. The molecule has 0 radical (unpaired) electrons. The van der Waals surface area contributed by atoms with Gasteiger partial charge in [-0.2, -0.15) is 5.26 Å². The number of H-pyrrole nitrogens is 1. The minimum Gasteiger partial charge on any atom is -0.478 e. The van der Waals surface area contributed by atoms with Crippen molar-refractivity contribution in [3.8, 4) is 23.2 Å². The second kappa shape index (κ2) is 12.2. The first-order valence-corrected chi connectivity index (χ1v) is 12.9. The van der Waals surface area contributed by atoms with Gasteiger partial charge in [0.05, 0.1) is 40.5 Å². The first-order chi connectivity index (χ1) is 20.7. The molecule has 5 aromatic rings. The van der Waals surface area contributed by atoms with E-state index in [0.717, 1.165) is 30.3 Å². The molecule has 218 valence electrons. The van der Waals surface area contributed by atoms with Gasteiger partial charge in [-0.1, -0.05) is 6.07 Å². The fraction of sp³-hybridized carbons (Fsp3) is 0.161. The molecule has 3 aromatic carbocycles. The maximum atomic E-state index is 15.4. The summed E-state index contributed by atoms with van der Waals surface area (Å²) >= 11 is 0. The number of pyridine rings is 1. The van der Waals surface area contributed by atoms with Crippen LogP contribution in [0.3, 0.4) is 0 Å². The molecule has 0 saturated carbocycles. The molecule has 2 heterocycles. The van der Waals surface area contributed by atoms with Gasteiger partial charge in [-0.3, -0.25) is 4.79 Å². The van der Waals surface area contributed by atoms with E-state index in [0.29, 0.717) is 23.4 Å².